The SMILES string of the molecule is O=C(c1ccc(-n2cccc2)nc1)N1CCC(CO)CC1. The molecule has 0 saturated carbocycles. The second kappa shape index (κ2) is 6.10. The number of carbonyl (C=O) groups is 1. The molecule has 0 aliphatic carbocycles. The van der Waals surface area contributed by atoms with Gasteiger partial charge in [-0.3, -0.25) is 4.79 Å². The van der Waals surface area contributed by atoms with Crippen molar-refractivity contribution in [1.29, 1.82) is 0 Å². The molecule has 110 valence electrons. The van der Waals surface area contributed by atoms with Crippen LogP contribution in [0.2, 0.25) is 0 Å². The summed E-state index contributed by atoms with van der Waals surface area (Å²) in [4.78, 5) is 18.6. The zero-order valence-electron chi connectivity index (χ0n) is 11.9. The van der Waals surface area contributed by atoms with E-state index >= 15 is 0 Å². The Balaban J connectivity index is 1.68. The van der Waals surface area contributed by atoms with E-state index < -0.39 is 0 Å². The van der Waals surface area contributed by atoms with Crippen LogP contribution in [-0.4, -0.2) is 45.2 Å². The first-order chi connectivity index (χ1) is 10.3. The Morgan fingerprint density at radius 2 is 1.95 bits per heavy atom. The zero-order chi connectivity index (χ0) is 14.7. The highest BCUT2D eigenvalue weighted by Crippen LogP contribution is 2.18. The van der Waals surface area contributed by atoms with Crippen LogP contribution in [0.3, 0.4) is 0 Å². The van der Waals surface area contributed by atoms with Crippen LogP contribution in [0.4, 0.5) is 0 Å². The summed E-state index contributed by atoms with van der Waals surface area (Å²) in [6.45, 7) is 1.64. The van der Waals surface area contributed by atoms with E-state index in [1.807, 2.05) is 46.1 Å². The van der Waals surface area contributed by atoms with Crippen molar-refractivity contribution < 1.29 is 9.90 Å². The van der Waals surface area contributed by atoms with Crippen molar-refractivity contribution in [2.45, 2.75) is 12.8 Å². The monoisotopic (exact) mass is 285 g/mol. The maximum atomic E-state index is 12.4. The number of aromatic nitrogens is 2. The average Bonchev–Trinajstić information content (AvgIpc) is 3.09. The molecular formula is C16H19N3O2. The molecule has 5 heteroatoms. The number of rotatable bonds is 3. The van der Waals surface area contributed by atoms with E-state index in [1.54, 1.807) is 6.20 Å². The third-order valence-electron chi connectivity index (χ3n) is 4.02. The van der Waals surface area contributed by atoms with Gasteiger partial charge in [-0.2, -0.15) is 0 Å². The van der Waals surface area contributed by atoms with Gasteiger partial charge in [0.25, 0.3) is 5.91 Å². The minimum atomic E-state index is 0.0259. The minimum Gasteiger partial charge on any atom is -0.396 e. The molecule has 0 radical (unpaired) electrons. The predicted octanol–water partition coefficient (Wildman–Crippen LogP) is 1.72. The Labute approximate surface area is 123 Å². The van der Waals surface area contributed by atoms with E-state index in [2.05, 4.69) is 4.98 Å². The van der Waals surface area contributed by atoms with Crippen LogP contribution in [0, 0.1) is 5.92 Å². The molecule has 21 heavy (non-hydrogen) atoms. The van der Waals surface area contributed by atoms with Crippen LogP contribution >= 0.6 is 0 Å². The second-order valence-electron chi connectivity index (χ2n) is 5.41. The largest absolute Gasteiger partial charge is 0.396 e. The molecule has 1 saturated heterocycles. The van der Waals surface area contributed by atoms with Crippen LogP contribution in [0.15, 0.2) is 42.9 Å². The number of nitrogens with zero attached hydrogens (tertiary/aromatic N) is 3. The molecule has 2 aromatic heterocycles. The lowest BCUT2D eigenvalue weighted by atomic mass is 9.97. The summed E-state index contributed by atoms with van der Waals surface area (Å²) in [6, 6.07) is 7.55. The third kappa shape index (κ3) is 2.97. The molecule has 1 fully saturated rings. The molecule has 3 rings (SSSR count). The quantitative estimate of drug-likeness (QED) is 0.934. The lowest BCUT2D eigenvalue weighted by Gasteiger charge is -2.31. The number of amides is 1. The van der Waals surface area contributed by atoms with Crippen LogP contribution in [0.5, 0.6) is 0 Å². The third-order valence-corrected chi connectivity index (χ3v) is 4.02. The second-order valence-corrected chi connectivity index (χ2v) is 5.41. The molecule has 0 atom stereocenters. The summed E-state index contributed by atoms with van der Waals surface area (Å²) in [7, 11) is 0. The highest BCUT2D eigenvalue weighted by Gasteiger charge is 2.23. The fourth-order valence-corrected chi connectivity index (χ4v) is 2.65. The predicted molar refractivity (Wildman–Crippen MR) is 79.3 cm³/mol. The Kier molecular flexibility index (Phi) is 4.01. The van der Waals surface area contributed by atoms with E-state index in [-0.39, 0.29) is 12.5 Å². The Morgan fingerprint density at radius 1 is 1.24 bits per heavy atom. The number of carbonyl (C=O) groups excluding carboxylic acids is 1. The van der Waals surface area contributed by atoms with Crippen molar-refractivity contribution in [3.8, 4) is 5.82 Å². The van der Waals surface area contributed by atoms with Gasteiger partial charge in [-0.15, -0.1) is 0 Å². The van der Waals surface area contributed by atoms with Crippen molar-refractivity contribution in [1.82, 2.24) is 14.5 Å². The molecule has 0 spiro atoms. The maximum absolute atomic E-state index is 12.4. The Bertz CT molecular complexity index is 584. The molecule has 5 nitrogen and oxygen atoms in total. The van der Waals surface area contributed by atoms with E-state index in [0.29, 0.717) is 24.6 Å². The first-order valence-corrected chi connectivity index (χ1v) is 7.27. The van der Waals surface area contributed by atoms with Gasteiger partial charge in [-0.25, -0.2) is 4.98 Å². The molecule has 1 N–H and O–H groups in total. The van der Waals surface area contributed by atoms with Crippen LogP contribution in [0.25, 0.3) is 5.82 Å². The van der Waals surface area contributed by atoms with E-state index in [9.17, 15) is 4.79 Å². The topological polar surface area (TPSA) is 58.4 Å². The zero-order valence-corrected chi connectivity index (χ0v) is 11.9. The fraction of sp³-hybridized carbons (Fsp3) is 0.375. The maximum Gasteiger partial charge on any atom is 0.255 e. The van der Waals surface area contributed by atoms with Gasteiger partial charge < -0.3 is 14.6 Å². The smallest absolute Gasteiger partial charge is 0.255 e. The van der Waals surface area contributed by atoms with Crippen molar-refractivity contribution in [2.75, 3.05) is 19.7 Å². The lowest BCUT2D eigenvalue weighted by Crippen LogP contribution is -2.39. The lowest BCUT2D eigenvalue weighted by molar-refractivity contribution is 0.0650. The van der Waals surface area contributed by atoms with Gasteiger partial charge in [0.05, 0.1) is 5.56 Å². The van der Waals surface area contributed by atoms with Gasteiger partial charge in [-0.1, -0.05) is 0 Å². The molecule has 0 unspecified atom stereocenters. The molecular weight excluding hydrogens is 266 g/mol. The normalized spacial score (nSPS) is 16.1. The van der Waals surface area contributed by atoms with Gasteiger partial charge in [0.15, 0.2) is 0 Å². The molecule has 0 aromatic carbocycles. The summed E-state index contributed by atoms with van der Waals surface area (Å²) in [5, 5.41) is 9.14. The van der Waals surface area contributed by atoms with Crippen molar-refractivity contribution in [3.63, 3.8) is 0 Å². The Morgan fingerprint density at radius 3 is 2.52 bits per heavy atom. The van der Waals surface area contributed by atoms with E-state index in [0.717, 1.165) is 18.7 Å². The number of hydrogen-bond acceptors (Lipinski definition) is 3. The molecule has 1 amide bonds. The number of aliphatic hydroxyl groups is 1. The van der Waals surface area contributed by atoms with Gasteiger partial charge >= 0.3 is 0 Å². The summed E-state index contributed by atoms with van der Waals surface area (Å²) >= 11 is 0. The molecule has 1 aliphatic heterocycles. The number of likely N-dealkylation sites (tertiary alicyclic amines) is 1. The minimum absolute atomic E-state index is 0.0259. The number of aliphatic hydroxyl groups excluding tert-OH is 1. The average molecular weight is 285 g/mol. The van der Waals surface area contributed by atoms with E-state index in [4.69, 9.17) is 5.11 Å². The highest BCUT2D eigenvalue weighted by molar-refractivity contribution is 5.94. The van der Waals surface area contributed by atoms with Crippen LogP contribution in [-0.2, 0) is 0 Å². The van der Waals surface area contributed by atoms with Gasteiger partial charge in [0.2, 0.25) is 0 Å². The van der Waals surface area contributed by atoms with Crippen LogP contribution < -0.4 is 0 Å². The molecule has 2 aromatic rings. The van der Waals surface area contributed by atoms with Crippen molar-refractivity contribution in [2.24, 2.45) is 5.92 Å². The Hall–Kier alpha value is -2.14. The molecule has 3 heterocycles. The summed E-state index contributed by atoms with van der Waals surface area (Å²) < 4.78 is 1.90. The molecule has 0 bridgehead atoms. The summed E-state index contributed by atoms with van der Waals surface area (Å²) in [6.07, 6.45) is 7.22. The first-order valence-electron chi connectivity index (χ1n) is 7.27. The van der Waals surface area contributed by atoms with Gasteiger partial charge in [0, 0.05) is 38.3 Å². The first kappa shape index (κ1) is 13.8. The van der Waals surface area contributed by atoms with Crippen molar-refractivity contribution in [3.05, 3.63) is 48.4 Å². The summed E-state index contributed by atoms with van der Waals surface area (Å²) in [5.74, 6) is 1.16. The van der Waals surface area contributed by atoms with E-state index in [1.165, 1.54) is 0 Å². The fourth-order valence-electron chi connectivity index (χ4n) is 2.65. The van der Waals surface area contributed by atoms with Crippen LogP contribution in [0.1, 0.15) is 23.2 Å². The number of pyridine rings is 1. The van der Waals surface area contributed by atoms with Crippen molar-refractivity contribution >= 4 is 5.91 Å². The standard InChI is InChI=1S/C16H19N3O2/c20-12-13-5-9-19(10-6-13)16(21)14-3-4-15(17-11-14)18-7-1-2-8-18/h1-4,7-8,11,13,20H,5-6,9-10,12H2. The molecule has 1 aliphatic rings. The highest BCUT2D eigenvalue weighted by atomic mass is 16.3. The van der Waals surface area contributed by atoms with Gasteiger partial charge in [0.1, 0.15) is 5.82 Å². The summed E-state index contributed by atoms with van der Waals surface area (Å²) in [5.41, 5.74) is 0.619. The van der Waals surface area contributed by atoms with Gasteiger partial charge in [-0.05, 0) is 43.0 Å². The number of piperidine rings is 1. The number of hydrogen-bond donors (Lipinski definition) is 1.